The van der Waals surface area contributed by atoms with Crippen molar-refractivity contribution in [3.8, 4) is 0 Å². The smallest absolute Gasteiger partial charge is 0.409 e. The summed E-state index contributed by atoms with van der Waals surface area (Å²) in [5.41, 5.74) is 5.87. The van der Waals surface area contributed by atoms with Crippen LogP contribution in [0.1, 0.15) is 46.0 Å². The molecule has 0 atom stereocenters. The number of hydrogen-bond donors (Lipinski definition) is 1. The molecule has 1 saturated carbocycles. The van der Waals surface area contributed by atoms with Crippen molar-refractivity contribution in [3.05, 3.63) is 0 Å². The maximum Gasteiger partial charge on any atom is 0.409 e. The predicted molar refractivity (Wildman–Crippen MR) is 64.3 cm³/mol. The first-order valence-electron chi connectivity index (χ1n) is 6.38. The first-order valence-corrected chi connectivity index (χ1v) is 6.38. The van der Waals surface area contributed by atoms with E-state index in [9.17, 15) is 4.79 Å². The van der Waals surface area contributed by atoms with E-state index in [-0.39, 0.29) is 6.09 Å². The molecule has 0 spiro atoms. The van der Waals surface area contributed by atoms with E-state index in [0.29, 0.717) is 18.7 Å². The van der Waals surface area contributed by atoms with Crippen LogP contribution >= 0.6 is 0 Å². The summed E-state index contributed by atoms with van der Waals surface area (Å²) in [6.45, 7) is 5.17. The summed E-state index contributed by atoms with van der Waals surface area (Å²) in [7, 11) is 0. The van der Waals surface area contributed by atoms with Crippen LogP contribution in [0.2, 0.25) is 0 Å². The second-order valence-electron chi connectivity index (χ2n) is 4.46. The molecular weight excluding hydrogens is 204 g/mol. The highest BCUT2D eigenvalue weighted by atomic mass is 16.6. The average molecular weight is 228 g/mol. The number of carbonyl (C=O) groups excluding carboxylic acids is 1. The van der Waals surface area contributed by atoms with E-state index < -0.39 is 0 Å². The second-order valence-corrected chi connectivity index (χ2v) is 4.46. The summed E-state index contributed by atoms with van der Waals surface area (Å²) in [5.74, 6) is 0. The monoisotopic (exact) mass is 228 g/mol. The van der Waals surface area contributed by atoms with Gasteiger partial charge >= 0.3 is 6.09 Å². The lowest BCUT2D eigenvalue weighted by atomic mass is 9.91. The molecule has 0 aromatic rings. The van der Waals surface area contributed by atoms with Crippen molar-refractivity contribution in [2.45, 2.75) is 58.0 Å². The quantitative estimate of drug-likeness (QED) is 0.802. The van der Waals surface area contributed by atoms with Crippen molar-refractivity contribution < 1.29 is 9.53 Å². The Labute approximate surface area is 98.1 Å². The summed E-state index contributed by atoms with van der Waals surface area (Å²) in [5, 5.41) is 0. The molecule has 0 radical (unpaired) electrons. The van der Waals surface area contributed by atoms with Gasteiger partial charge in [0.05, 0.1) is 6.61 Å². The van der Waals surface area contributed by atoms with Crippen LogP contribution < -0.4 is 5.73 Å². The van der Waals surface area contributed by atoms with Crippen LogP contribution in [-0.4, -0.2) is 36.2 Å². The molecule has 1 fully saturated rings. The number of ether oxygens (including phenoxy) is 1. The predicted octanol–water partition coefficient (Wildman–Crippen LogP) is 2.12. The van der Waals surface area contributed by atoms with Gasteiger partial charge in [-0.05, 0) is 39.0 Å². The van der Waals surface area contributed by atoms with Gasteiger partial charge in [-0.15, -0.1) is 0 Å². The molecule has 0 saturated heterocycles. The Hall–Kier alpha value is -0.770. The van der Waals surface area contributed by atoms with E-state index in [0.717, 1.165) is 38.6 Å². The minimum atomic E-state index is -0.162. The van der Waals surface area contributed by atoms with Crippen LogP contribution in [-0.2, 0) is 4.74 Å². The Kier molecular flexibility index (Phi) is 5.60. The van der Waals surface area contributed by atoms with E-state index >= 15 is 0 Å². The Morgan fingerprint density at radius 2 is 1.94 bits per heavy atom. The summed E-state index contributed by atoms with van der Waals surface area (Å²) in [4.78, 5) is 13.7. The summed E-state index contributed by atoms with van der Waals surface area (Å²) in [6.07, 6.45) is 4.88. The fourth-order valence-electron chi connectivity index (χ4n) is 2.28. The third kappa shape index (κ3) is 3.67. The zero-order valence-electron chi connectivity index (χ0n) is 10.4. The highest BCUT2D eigenvalue weighted by molar-refractivity contribution is 5.68. The van der Waals surface area contributed by atoms with Gasteiger partial charge in [-0.25, -0.2) is 4.79 Å². The third-order valence-electron chi connectivity index (χ3n) is 3.15. The van der Waals surface area contributed by atoms with Crippen LogP contribution in [0, 0.1) is 0 Å². The molecule has 0 aliphatic heterocycles. The molecule has 1 amide bonds. The molecule has 1 aliphatic carbocycles. The van der Waals surface area contributed by atoms with Crippen LogP contribution in [0.3, 0.4) is 0 Å². The Morgan fingerprint density at radius 1 is 1.31 bits per heavy atom. The zero-order chi connectivity index (χ0) is 12.0. The number of nitrogens with two attached hydrogens (primary N) is 1. The lowest BCUT2D eigenvalue weighted by molar-refractivity contribution is 0.0791. The van der Waals surface area contributed by atoms with Gasteiger partial charge in [-0.3, -0.25) is 0 Å². The molecule has 4 nitrogen and oxygen atoms in total. The molecule has 0 bridgehead atoms. The zero-order valence-corrected chi connectivity index (χ0v) is 10.4. The van der Waals surface area contributed by atoms with E-state index in [4.69, 9.17) is 10.5 Å². The fourth-order valence-corrected chi connectivity index (χ4v) is 2.28. The van der Waals surface area contributed by atoms with Crippen molar-refractivity contribution in [3.63, 3.8) is 0 Å². The number of hydrogen-bond acceptors (Lipinski definition) is 3. The molecule has 94 valence electrons. The maximum absolute atomic E-state index is 11.8. The number of rotatable bonds is 4. The van der Waals surface area contributed by atoms with Crippen molar-refractivity contribution in [1.82, 2.24) is 4.90 Å². The van der Waals surface area contributed by atoms with Gasteiger partial charge in [0.1, 0.15) is 0 Å². The normalized spacial score (nSPS) is 25.2. The number of carbonyl (C=O) groups is 1. The minimum absolute atomic E-state index is 0.162. The molecule has 0 aromatic carbocycles. The van der Waals surface area contributed by atoms with E-state index in [2.05, 4.69) is 6.92 Å². The lowest BCUT2D eigenvalue weighted by Gasteiger charge is -2.35. The van der Waals surface area contributed by atoms with Gasteiger partial charge in [0.15, 0.2) is 0 Å². The summed E-state index contributed by atoms with van der Waals surface area (Å²) < 4.78 is 5.09. The second kappa shape index (κ2) is 6.74. The Morgan fingerprint density at radius 3 is 2.44 bits per heavy atom. The van der Waals surface area contributed by atoms with Gasteiger partial charge in [-0.2, -0.15) is 0 Å². The van der Waals surface area contributed by atoms with Crippen molar-refractivity contribution in [2.24, 2.45) is 5.73 Å². The molecule has 0 unspecified atom stereocenters. The molecule has 4 heteroatoms. The topological polar surface area (TPSA) is 55.6 Å². The van der Waals surface area contributed by atoms with Crippen LogP contribution in [0.4, 0.5) is 4.79 Å². The largest absolute Gasteiger partial charge is 0.450 e. The number of amides is 1. The highest BCUT2D eigenvalue weighted by Gasteiger charge is 2.27. The van der Waals surface area contributed by atoms with Crippen LogP contribution in [0.5, 0.6) is 0 Å². The van der Waals surface area contributed by atoms with Gasteiger partial charge < -0.3 is 15.4 Å². The molecule has 0 aromatic heterocycles. The molecule has 2 N–H and O–H groups in total. The number of nitrogens with zero attached hydrogens (tertiary/aromatic N) is 1. The fraction of sp³-hybridized carbons (Fsp3) is 0.917. The highest BCUT2D eigenvalue weighted by Crippen LogP contribution is 2.22. The lowest BCUT2D eigenvalue weighted by Crippen LogP contribution is -2.44. The Balaban J connectivity index is 2.51. The van der Waals surface area contributed by atoms with Crippen LogP contribution in [0.15, 0.2) is 0 Å². The molecule has 1 rings (SSSR count). The molecular formula is C12H24N2O2. The molecule has 16 heavy (non-hydrogen) atoms. The van der Waals surface area contributed by atoms with Crippen molar-refractivity contribution in [2.75, 3.05) is 13.2 Å². The minimum Gasteiger partial charge on any atom is -0.450 e. The SMILES string of the molecule is CCCN(C(=O)OCC)C1CCC(N)CC1. The average Bonchev–Trinajstić information content (AvgIpc) is 2.28. The van der Waals surface area contributed by atoms with Gasteiger partial charge in [0, 0.05) is 18.6 Å². The van der Waals surface area contributed by atoms with E-state index in [1.807, 2.05) is 11.8 Å². The van der Waals surface area contributed by atoms with Gasteiger partial charge in [0.2, 0.25) is 0 Å². The van der Waals surface area contributed by atoms with E-state index in [1.54, 1.807) is 0 Å². The first-order chi connectivity index (χ1) is 7.69. The van der Waals surface area contributed by atoms with E-state index in [1.165, 1.54) is 0 Å². The third-order valence-corrected chi connectivity index (χ3v) is 3.15. The summed E-state index contributed by atoms with van der Waals surface area (Å²) in [6, 6.07) is 0.653. The first kappa shape index (κ1) is 13.3. The Bertz CT molecular complexity index is 213. The maximum atomic E-state index is 11.8. The molecule has 0 heterocycles. The van der Waals surface area contributed by atoms with Gasteiger partial charge in [0.25, 0.3) is 0 Å². The van der Waals surface area contributed by atoms with Crippen LogP contribution in [0.25, 0.3) is 0 Å². The van der Waals surface area contributed by atoms with Crippen molar-refractivity contribution >= 4 is 6.09 Å². The summed E-state index contributed by atoms with van der Waals surface area (Å²) >= 11 is 0. The van der Waals surface area contributed by atoms with Gasteiger partial charge in [-0.1, -0.05) is 6.92 Å². The standard InChI is InChI=1S/C12H24N2O2/c1-3-9-14(12(15)16-4-2)11-7-5-10(13)6-8-11/h10-11H,3-9,13H2,1-2H3. The molecule has 1 aliphatic rings. The van der Waals surface area contributed by atoms with Crippen molar-refractivity contribution in [1.29, 1.82) is 0 Å².